The molecule has 0 radical (unpaired) electrons. The Morgan fingerprint density at radius 3 is 2.19 bits per heavy atom. The van der Waals surface area contributed by atoms with Crippen molar-refractivity contribution < 1.29 is 9.90 Å². The van der Waals surface area contributed by atoms with Gasteiger partial charge in [0.2, 0.25) is 0 Å². The van der Waals surface area contributed by atoms with Crippen molar-refractivity contribution in [1.82, 2.24) is 5.32 Å². The van der Waals surface area contributed by atoms with E-state index in [1.165, 1.54) is 38.5 Å². The number of aliphatic carboxylic acids is 1. The summed E-state index contributed by atoms with van der Waals surface area (Å²) in [7, 11) is 0. The number of nitrogens with one attached hydrogen (secondary N) is 1. The summed E-state index contributed by atoms with van der Waals surface area (Å²) >= 11 is 0. The van der Waals surface area contributed by atoms with E-state index in [4.69, 9.17) is 5.11 Å². The molecule has 2 N–H and O–H groups in total. The zero-order valence-electron chi connectivity index (χ0n) is 13.4. The quantitative estimate of drug-likeness (QED) is 0.735. The molecule has 1 unspecified atom stereocenters. The second-order valence-corrected chi connectivity index (χ2v) is 7.80. The van der Waals surface area contributed by atoms with Crippen molar-refractivity contribution >= 4 is 5.97 Å². The molecule has 4 aliphatic rings. The van der Waals surface area contributed by atoms with E-state index in [0.29, 0.717) is 30.0 Å². The van der Waals surface area contributed by atoms with Crippen LogP contribution < -0.4 is 5.32 Å². The fourth-order valence-electron chi connectivity index (χ4n) is 5.67. The summed E-state index contributed by atoms with van der Waals surface area (Å²) in [5.41, 5.74) is 1.03. The first-order valence-corrected chi connectivity index (χ1v) is 8.68. The van der Waals surface area contributed by atoms with Crippen LogP contribution in [-0.4, -0.2) is 23.7 Å². The van der Waals surface area contributed by atoms with Gasteiger partial charge in [-0.25, -0.2) is 4.79 Å². The van der Waals surface area contributed by atoms with E-state index in [1.807, 2.05) is 13.0 Å². The van der Waals surface area contributed by atoms with E-state index < -0.39 is 5.97 Å². The Balaban J connectivity index is 1.60. The number of rotatable bonds is 6. The van der Waals surface area contributed by atoms with E-state index in [9.17, 15) is 4.79 Å². The second kappa shape index (κ2) is 5.75. The van der Waals surface area contributed by atoms with Crippen LogP contribution in [0.4, 0.5) is 0 Å². The Morgan fingerprint density at radius 1 is 1.24 bits per heavy atom. The van der Waals surface area contributed by atoms with Crippen LogP contribution in [0.5, 0.6) is 0 Å². The van der Waals surface area contributed by atoms with Crippen molar-refractivity contribution in [2.24, 2.45) is 23.2 Å². The van der Waals surface area contributed by atoms with Crippen molar-refractivity contribution in [3.63, 3.8) is 0 Å². The number of hydrogen-bond acceptors (Lipinski definition) is 2. The molecule has 0 aromatic rings. The van der Waals surface area contributed by atoms with Gasteiger partial charge in [0.1, 0.15) is 0 Å². The Kier molecular flexibility index (Phi) is 4.13. The molecule has 0 aliphatic heterocycles. The normalized spacial score (nSPS) is 39.5. The molecule has 4 fully saturated rings. The number of carboxylic acids is 1. The SMILES string of the molecule is CCC(=CCNC(C)C12CC3CC(CC(C3)C1)C2)C(=O)O. The molecule has 0 amide bonds. The average Bonchev–Trinajstić information content (AvgIpc) is 2.41. The van der Waals surface area contributed by atoms with Crippen molar-refractivity contribution in [1.29, 1.82) is 0 Å². The molecule has 1 atom stereocenters. The third-order valence-corrected chi connectivity index (χ3v) is 6.43. The van der Waals surface area contributed by atoms with Gasteiger partial charge in [-0.1, -0.05) is 13.0 Å². The predicted molar refractivity (Wildman–Crippen MR) is 84.1 cm³/mol. The Morgan fingerprint density at radius 2 is 1.76 bits per heavy atom. The molecule has 4 saturated carbocycles. The monoisotopic (exact) mass is 291 g/mol. The van der Waals surface area contributed by atoms with E-state index in [2.05, 4.69) is 12.2 Å². The molecule has 118 valence electrons. The van der Waals surface area contributed by atoms with Crippen LogP contribution in [0.3, 0.4) is 0 Å². The highest BCUT2D eigenvalue weighted by molar-refractivity contribution is 5.86. The van der Waals surface area contributed by atoms with Crippen molar-refractivity contribution in [3.8, 4) is 0 Å². The van der Waals surface area contributed by atoms with Crippen LogP contribution in [0.15, 0.2) is 11.6 Å². The van der Waals surface area contributed by atoms with Gasteiger partial charge in [0.25, 0.3) is 0 Å². The molecule has 3 nitrogen and oxygen atoms in total. The fraction of sp³-hybridized carbons (Fsp3) is 0.833. The standard InChI is InChI=1S/C18H29NO2/c1-3-16(17(20)21)4-5-19-12(2)18-9-13-6-14(10-18)8-15(7-13)11-18/h4,12-15,19H,3,5-11H2,1-2H3,(H,20,21). The minimum Gasteiger partial charge on any atom is -0.478 e. The molecule has 3 heteroatoms. The second-order valence-electron chi connectivity index (χ2n) is 7.80. The van der Waals surface area contributed by atoms with E-state index in [-0.39, 0.29) is 0 Å². The van der Waals surface area contributed by atoms with Crippen molar-refractivity contribution in [2.45, 2.75) is 64.8 Å². The lowest BCUT2D eigenvalue weighted by atomic mass is 9.48. The minimum absolute atomic E-state index is 0.498. The Bertz CT molecular complexity index is 405. The Hall–Kier alpha value is -0.830. The minimum atomic E-state index is -0.776. The first-order chi connectivity index (χ1) is 10.0. The third kappa shape index (κ3) is 2.90. The lowest BCUT2D eigenvalue weighted by molar-refractivity contribution is -0.132. The fourth-order valence-corrected chi connectivity index (χ4v) is 5.67. The van der Waals surface area contributed by atoms with Crippen molar-refractivity contribution in [2.75, 3.05) is 6.54 Å². The van der Waals surface area contributed by atoms with E-state index in [1.54, 1.807) is 0 Å². The lowest BCUT2D eigenvalue weighted by Crippen LogP contribution is -2.54. The largest absolute Gasteiger partial charge is 0.478 e. The molecule has 0 aromatic carbocycles. The van der Waals surface area contributed by atoms with Crippen LogP contribution >= 0.6 is 0 Å². The maximum absolute atomic E-state index is 11.0. The predicted octanol–water partition coefficient (Wildman–Crippen LogP) is 3.60. The molecular formula is C18H29NO2. The van der Waals surface area contributed by atoms with Crippen LogP contribution in [0.25, 0.3) is 0 Å². The molecule has 0 heterocycles. The summed E-state index contributed by atoms with van der Waals surface area (Å²) in [6, 6.07) is 0.508. The summed E-state index contributed by atoms with van der Waals surface area (Å²) in [5.74, 6) is 2.14. The first-order valence-electron chi connectivity index (χ1n) is 8.68. The van der Waals surface area contributed by atoms with Crippen LogP contribution in [0, 0.1) is 23.2 Å². The van der Waals surface area contributed by atoms with Gasteiger partial charge in [0.05, 0.1) is 0 Å². The number of hydrogen-bond donors (Lipinski definition) is 2. The summed E-state index contributed by atoms with van der Waals surface area (Å²) in [4.78, 5) is 11.0. The zero-order valence-corrected chi connectivity index (χ0v) is 13.4. The van der Waals surface area contributed by atoms with Crippen LogP contribution in [0.2, 0.25) is 0 Å². The van der Waals surface area contributed by atoms with Gasteiger partial charge >= 0.3 is 5.97 Å². The zero-order chi connectivity index (χ0) is 15.0. The van der Waals surface area contributed by atoms with Crippen LogP contribution in [-0.2, 0) is 4.79 Å². The molecule has 0 saturated heterocycles. The highest BCUT2D eigenvalue weighted by Crippen LogP contribution is 2.61. The maximum Gasteiger partial charge on any atom is 0.331 e. The van der Waals surface area contributed by atoms with Gasteiger partial charge in [0.15, 0.2) is 0 Å². The molecule has 4 bridgehead atoms. The molecule has 0 spiro atoms. The molecule has 21 heavy (non-hydrogen) atoms. The highest BCUT2D eigenvalue weighted by Gasteiger charge is 2.52. The lowest BCUT2D eigenvalue weighted by Gasteiger charge is -2.59. The average molecular weight is 291 g/mol. The van der Waals surface area contributed by atoms with E-state index >= 15 is 0 Å². The highest BCUT2D eigenvalue weighted by atomic mass is 16.4. The topological polar surface area (TPSA) is 49.3 Å². The van der Waals surface area contributed by atoms with Crippen LogP contribution in [0.1, 0.15) is 58.8 Å². The molecule has 0 aromatic heterocycles. The summed E-state index contributed by atoms with van der Waals surface area (Å²) in [6.45, 7) is 4.92. The van der Waals surface area contributed by atoms with Gasteiger partial charge in [-0.3, -0.25) is 0 Å². The summed E-state index contributed by atoms with van der Waals surface area (Å²) in [5, 5.41) is 12.7. The third-order valence-electron chi connectivity index (χ3n) is 6.43. The van der Waals surface area contributed by atoms with Gasteiger partial charge in [-0.05, 0) is 75.0 Å². The molecule has 4 rings (SSSR count). The van der Waals surface area contributed by atoms with Gasteiger partial charge in [-0.15, -0.1) is 0 Å². The Labute approximate surface area is 128 Å². The van der Waals surface area contributed by atoms with Crippen molar-refractivity contribution in [3.05, 3.63) is 11.6 Å². The summed E-state index contributed by atoms with van der Waals surface area (Å²) < 4.78 is 0. The van der Waals surface area contributed by atoms with Gasteiger partial charge in [0, 0.05) is 18.2 Å². The summed E-state index contributed by atoms with van der Waals surface area (Å²) in [6.07, 6.45) is 11.1. The number of carboxylic acid groups (broad SMARTS) is 1. The molecule has 4 aliphatic carbocycles. The van der Waals surface area contributed by atoms with E-state index in [0.717, 1.165) is 17.8 Å². The maximum atomic E-state index is 11.0. The first kappa shape index (κ1) is 15.1. The van der Waals surface area contributed by atoms with Gasteiger partial charge < -0.3 is 10.4 Å². The molecular weight excluding hydrogens is 262 g/mol. The van der Waals surface area contributed by atoms with Gasteiger partial charge in [-0.2, -0.15) is 0 Å². The smallest absolute Gasteiger partial charge is 0.331 e. The number of carbonyl (C=O) groups is 1.